The zero-order chi connectivity index (χ0) is 23.1. The summed E-state index contributed by atoms with van der Waals surface area (Å²) in [6, 6.07) is 10.9. The summed E-state index contributed by atoms with van der Waals surface area (Å²) in [5.41, 5.74) is 2.80. The first-order valence-electron chi connectivity index (χ1n) is 10.3. The molecule has 0 amide bonds. The summed E-state index contributed by atoms with van der Waals surface area (Å²) in [5.74, 6) is 2.28. The second kappa shape index (κ2) is 10.6. The van der Waals surface area contributed by atoms with Gasteiger partial charge in [0.2, 0.25) is 0 Å². The van der Waals surface area contributed by atoms with Crippen LogP contribution in [0.5, 0.6) is 23.0 Å². The van der Waals surface area contributed by atoms with Crippen molar-refractivity contribution in [3.63, 3.8) is 0 Å². The lowest BCUT2D eigenvalue weighted by Crippen LogP contribution is -2.10. The number of methoxy groups -OCH3 is 4. The van der Waals surface area contributed by atoms with Crippen molar-refractivity contribution in [3.8, 4) is 23.0 Å². The Labute approximate surface area is 188 Å². The number of benzene rings is 2. The van der Waals surface area contributed by atoms with E-state index in [-0.39, 0.29) is 11.5 Å². The third kappa shape index (κ3) is 5.14. The average molecular weight is 437 g/mol. The third-order valence-electron chi connectivity index (χ3n) is 5.34. The first-order chi connectivity index (χ1) is 15.5. The highest BCUT2D eigenvalue weighted by Crippen LogP contribution is 2.33. The molecule has 1 aliphatic carbocycles. The molecule has 168 valence electrons. The molecule has 0 saturated heterocycles. The van der Waals surface area contributed by atoms with Crippen LogP contribution in [0.15, 0.2) is 59.4 Å². The smallest absolute Gasteiger partial charge is 0.185 e. The Morgan fingerprint density at radius 1 is 0.812 bits per heavy atom. The van der Waals surface area contributed by atoms with Crippen molar-refractivity contribution in [2.45, 2.75) is 19.3 Å². The van der Waals surface area contributed by atoms with Crippen molar-refractivity contribution in [3.05, 3.63) is 70.5 Å². The van der Waals surface area contributed by atoms with Crippen molar-refractivity contribution in [2.75, 3.05) is 28.4 Å². The largest absolute Gasteiger partial charge is 0.507 e. The highest BCUT2D eigenvalue weighted by atomic mass is 16.5. The molecule has 0 radical (unpaired) electrons. The van der Waals surface area contributed by atoms with Gasteiger partial charge in [-0.2, -0.15) is 0 Å². The Morgan fingerprint density at radius 2 is 1.38 bits per heavy atom. The summed E-state index contributed by atoms with van der Waals surface area (Å²) >= 11 is 0. The monoisotopic (exact) mass is 436 g/mol. The van der Waals surface area contributed by atoms with Gasteiger partial charge in [-0.1, -0.05) is 18.2 Å². The first kappa shape index (κ1) is 23.0. The number of hydrogen-bond acceptors (Lipinski definition) is 6. The minimum Gasteiger partial charge on any atom is -0.507 e. The first-order valence-corrected chi connectivity index (χ1v) is 10.3. The molecule has 0 aromatic heterocycles. The van der Waals surface area contributed by atoms with Gasteiger partial charge in [0, 0.05) is 5.57 Å². The molecule has 3 rings (SSSR count). The highest BCUT2D eigenvalue weighted by Gasteiger charge is 2.21. The molecule has 0 aliphatic heterocycles. The van der Waals surface area contributed by atoms with Gasteiger partial charge < -0.3 is 24.1 Å². The van der Waals surface area contributed by atoms with Crippen LogP contribution in [0.4, 0.5) is 0 Å². The third-order valence-corrected chi connectivity index (χ3v) is 5.34. The van der Waals surface area contributed by atoms with Crippen LogP contribution in [0.25, 0.3) is 12.2 Å². The fourth-order valence-corrected chi connectivity index (χ4v) is 3.64. The average Bonchev–Trinajstić information content (AvgIpc) is 2.83. The molecule has 0 atom stereocenters. The molecule has 0 saturated carbocycles. The van der Waals surface area contributed by atoms with E-state index in [0.29, 0.717) is 41.4 Å². The van der Waals surface area contributed by atoms with Crippen molar-refractivity contribution >= 4 is 17.9 Å². The molecule has 0 unspecified atom stereocenters. The van der Waals surface area contributed by atoms with Gasteiger partial charge in [0.15, 0.2) is 28.8 Å². The van der Waals surface area contributed by atoms with Crippen molar-refractivity contribution in [1.29, 1.82) is 0 Å². The van der Waals surface area contributed by atoms with E-state index in [4.69, 9.17) is 18.9 Å². The fourth-order valence-electron chi connectivity index (χ4n) is 3.64. The quantitative estimate of drug-likeness (QED) is 0.560. The number of ether oxygens (including phenoxy) is 4. The van der Waals surface area contributed by atoms with E-state index in [9.17, 15) is 9.90 Å². The molecular weight excluding hydrogens is 408 g/mol. The van der Waals surface area contributed by atoms with Crippen LogP contribution in [0.3, 0.4) is 0 Å². The number of carbonyl (C=O) groups is 1. The van der Waals surface area contributed by atoms with Crippen LogP contribution in [-0.2, 0) is 4.79 Å². The topological polar surface area (TPSA) is 74.2 Å². The summed E-state index contributed by atoms with van der Waals surface area (Å²) in [6.07, 6.45) is 7.07. The van der Waals surface area contributed by atoms with Crippen LogP contribution < -0.4 is 18.9 Å². The summed E-state index contributed by atoms with van der Waals surface area (Å²) in [6.45, 7) is 0. The van der Waals surface area contributed by atoms with Crippen molar-refractivity contribution in [1.82, 2.24) is 0 Å². The maximum atomic E-state index is 12.8. The highest BCUT2D eigenvalue weighted by molar-refractivity contribution is 6.07. The molecule has 1 N–H and O–H groups in total. The Bertz CT molecular complexity index is 1080. The molecular formula is C26H28O6. The summed E-state index contributed by atoms with van der Waals surface area (Å²) in [5, 5.41) is 10.8. The number of aliphatic hydroxyl groups is 1. The lowest BCUT2D eigenvalue weighted by atomic mass is 9.89. The lowest BCUT2D eigenvalue weighted by Gasteiger charge is -2.18. The second-order valence-corrected chi connectivity index (χ2v) is 7.28. The predicted molar refractivity (Wildman–Crippen MR) is 125 cm³/mol. The van der Waals surface area contributed by atoms with Gasteiger partial charge in [0.25, 0.3) is 0 Å². The Balaban J connectivity index is 1.84. The van der Waals surface area contributed by atoms with E-state index < -0.39 is 0 Å². The maximum absolute atomic E-state index is 12.8. The Hall–Kier alpha value is -3.67. The molecule has 0 heterocycles. The molecule has 6 nitrogen and oxygen atoms in total. The molecule has 32 heavy (non-hydrogen) atoms. The zero-order valence-corrected chi connectivity index (χ0v) is 18.8. The molecule has 0 bridgehead atoms. The van der Waals surface area contributed by atoms with E-state index in [1.807, 2.05) is 30.3 Å². The van der Waals surface area contributed by atoms with Crippen LogP contribution in [0.1, 0.15) is 30.4 Å². The van der Waals surface area contributed by atoms with Crippen LogP contribution in [-0.4, -0.2) is 39.3 Å². The molecule has 6 heteroatoms. The lowest BCUT2D eigenvalue weighted by molar-refractivity contribution is -0.111. The van der Waals surface area contributed by atoms with Crippen LogP contribution in [0.2, 0.25) is 0 Å². The Kier molecular flexibility index (Phi) is 7.60. The molecule has 1 aliphatic rings. The van der Waals surface area contributed by atoms with E-state index in [1.54, 1.807) is 46.6 Å². The van der Waals surface area contributed by atoms with Crippen LogP contribution in [0, 0.1) is 0 Å². The Morgan fingerprint density at radius 3 is 1.97 bits per heavy atom. The standard InChI is InChI=1S/C26H28O6/c1-29-22-12-9-17(15-24(22)31-3)8-11-21(27)20-7-5-6-19(26(20)28)14-18-10-13-23(30-2)25(16-18)32-4/h8-16,28H,5-7H2,1-4H3/b11-8+,19-14+. The van der Waals surface area contributed by atoms with Gasteiger partial charge in [-0.05, 0) is 72.4 Å². The van der Waals surface area contributed by atoms with E-state index >= 15 is 0 Å². The summed E-state index contributed by atoms with van der Waals surface area (Å²) in [4.78, 5) is 12.8. The van der Waals surface area contributed by atoms with Gasteiger partial charge in [0.1, 0.15) is 5.76 Å². The van der Waals surface area contributed by atoms with E-state index in [2.05, 4.69) is 0 Å². The van der Waals surface area contributed by atoms with Crippen molar-refractivity contribution in [2.24, 2.45) is 0 Å². The van der Waals surface area contributed by atoms with Crippen LogP contribution >= 0.6 is 0 Å². The van der Waals surface area contributed by atoms with Gasteiger partial charge in [-0.15, -0.1) is 0 Å². The number of rotatable bonds is 8. The fraction of sp³-hybridized carbons (Fsp3) is 0.269. The van der Waals surface area contributed by atoms with Gasteiger partial charge in [0.05, 0.1) is 28.4 Å². The number of aliphatic hydroxyl groups excluding tert-OH is 1. The molecule has 2 aromatic rings. The summed E-state index contributed by atoms with van der Waals surface area (Å²) < 4.78 is 21.2. The normalized spacial score (nSPS) is 15.2. The zero-order valence-electron chi connectivity index (χ0n) is 18.8. The van der Waals surface area contributed by atoms with Crippen molar-refractivity contribution < 1.29 is 28.8 Å². The predicted octanol–water partition coefficient (Wildman–Crippen LogP) is 5.38. The molecule has 0 spiro atoms. The summed E-state index contributed by atoms with van der Waals surface area (Å²) in [7, 11) is 6.30. The second-order valence-electron chi connectivity index (χ2n) is 7.28. The number of carbonyl (C=O) groups excluding carboxylic acids is 1. The maximum Gasteiger partial charge on any atom is 0.185 e. The van der Waals surface area contributed by atoms with Gasteiger partial charge >= 0.3 is 0 Å². The molecule has 2 aromatic carbocycles. The number of allylic oxidation sites excluding steroid dienone is 3. The SMILES string of the molecule is COc1ccc(/C=C/C(=O)C2=C(O)/C(=C/c3ccc(OC)c(OC)c3)CCC2)cc1OC. The number of ketones is 1. The van der Waals surface area contributed by atoms with Gasteiger partial charge in [-0.3, -0.25) is 4.79 Å². The van der Waals surface area contributed by atoms with E-state index in [1.165, 1.54) is 6.08 Å². The van der Waals surface area contributed by atoms with Gasteiger partial charge in [-0.25, -0.2) is 0 Å². The van der Waals surface area contributed by atoms with E-state index in [0.717, 1.165) is 23.1 Å². The minimum atomic E-state index is -0.213. The number of hydrogen-bond donors (Lipinski definition) is 1. The molecule has 0 fully saturated rings. The minimum absolute atomic E-state index is 0.0491.